The van der Waals surface area contributed by atoms with Crippen molar-refractivity contribution in [3.05, 3.63) is 65.4 Å². The number of nitrogens with one attached hydrogen (secondary N) is 2. The maximum Gasteiger partial charge on any atom is 0.416 e. The molecule has 5 fully saturated rings. The molecule has 1 aromatic heterocycles. The topological polar surface area (TPSA) is 49.4 Å². The highest BCUT2D eigenvalue weighted by atomic mass is 32.1. The third-order valence-corrected chi connectivity index (χ3v) is 8.67. The van der Waals surface area contributed by atoms with Crippen LogP contribution in [-0.4, -0.2) is 39.7 Å². The second-order valence-corrected chi connectivity index (χ2v) is 11.1. The fourth-order valence-corrected chi connectivity index (χ4v) is 6.78. The van der Waals surface area contributed by atoms with Gasteiger partial charge in [0.25, 0.3) is 0 Å². The van der Waals surface area contributed by atoms with Crippen LogP contribution in [0.3, 0.4) is 0 Å². The monoisotopic (exact) mass is 580 g/mol. The van der Waals surface area contributed by atoms with E-state index in [2.05, 4.69) is 27.4 Å². The minimum absolute atomic E-state index is 0.0740. The second-order valence-electron chi connectivity index (χ2n) is 10.7. The maximum absolute atomic E-state index is 13.2. The van der Waals surface area contributed by atoms with E-state index >= 15 is 0 Å². The van der Waals surface area contributed by atoms with Crippen molar-refractivity contribution in [1.82, 2.24) is 9.88 Å². The predicted molar refractivity (Wildman–Crippen MR) is 143 cm³/mol. The van der Waals surface area contributed by atoms with E-state index in [0.717, 1.165) is 48.8 Å². The van der Waals surface area contributed by atoms with E-state index in [-0.39, 0.29) is 28.9 Å². The fourth-order valence-electron chi connectivity index (χ4n) is 6.54. The summed E-state index contributed by atoms with van der Waals surface area (Å²) in [5.41, 5.74) is -1.21. The van der Waals surface area contributed by atoms with E-state index in [4.69, 9.17) is 17.0 Å². The van der Waals surface area contributed by atoms with Crippen molar-refractivity contribution in [1.29, 1.82) is 0 Å². The van der Waals surface area contributed by atoms with E-state index in [0.29, 0.717) is 23.7 Å². The zero-order valence-electron chi connectivity index (χ0n) is 21.4. The molecule has 4 bridgehead atoms. The lowest BCUT2D eigenvalue weighted by Crippen LogP contribution is -2.70. The summed E-state index contributed by atoms with van der Waals surface area (Å²) >= 11 is 5.25. The lowest BCUT2D eigenvalue weighted by molar-refractivity contribution is -0.274. The summed E-state index contributed by atoms with van der Waals surface area (Å²) in [6, 6.07) is 8.79. The molecule has 5 saturated heterocycles. The first-order valence-electron chi connectivity index (χ1n) is 13.0. The first-order chi connectivity index (χ1) is 18.9. The Morgan fingerprint density at radius 1 is 1.02 bits per heavy atom. The quantitative estimate of drug-likeness (QED) is 0.248. The van der Waals surface area contributed by atoms with Gasteiger partial charge in [-0.05, 0) is 92.0 Å². The molecule has 0 amide bonds. The highest BCUT2D eigenvalue weighted by Crippen LogP contribution is 2.54. The van der Waals surface area contributed by atoms with Gasteiger partial charge in [0.1, 0.15) is 0 Å². The van der Waals surface area contributed by atoms with Crippen molar-refractivity contribution < 1.29 is 31.1 Å². The Labute approximate surface area is 231 Å². The SMILES string of the molecule is CC[C@]12CN3CC[C@H]1CC3[C@H](c1ccnc3ccc(NC(=S)Nc4cc(C(F)(F)F)cc(C(F)(F)F)c4)cc13)O2. The van der Waals surface area contributed by atoms with Crippen molar-refractivity contribution in [2.75, 3.05) is 23.7 Å². The number of fused-ring (bicyclic) bond motifs is 3. The molecule has 2 aromatic carbocycles. The van der Waals surface area contributed by atoms with Crippen LogP contribution in [0.2, 0.25) is 0 Å². The molecule has 0 saturated carbocycles. The van der Waals surface area contributed by atoms with Gasteiger partial charge in [0, 0.05) is 35.5 Å². The van der Waals surface area contributed by atoms with Gasteiger partial charge in [-0.15, -0.1) is 0 Å². The number of hydrogen-bond donors (Lipinski definition) is 2. The molecule has 3 aromatic rings. The van der Waals surface area contributed by atoms with Crippen LogP contribution in [0.25, 0.3) is 10.9 Å². The number of thiocarbonyl (C=S) groups is 1. The number of anilines is 2. The van der Waals surface area contributed by atoms with Crippen LogP contribution in [0.15, 0.2) is 48.7 Å². The third kappa shape index (κ3) is 4.79. The first-order valence-corrected chi connectivity index (χ1v) is 13.5. The number of alkyl halides is 6. The molecule has 2 N–H and O–H groups in total. The largest absolute Gasteiger partial charge is 0.416 e. The summed E-state index contributed by atoms with van der Waals surface area (Å²) in [7, 11) is 0. The normalized spacial score (nSPS) is 27.7. The molecule has 212 valence electrons. The van der Waals surface area contributed by atoms with E-state index < -0.39 is 29.2 Å². The van der Waals surface area contributed by atoms with Crippen molar-refractivity contribution in [3.8, 4) is 0 Å². The molecule has 12 heteroatoms. The number of morpholine rings is 1. The van der Waals surface area contributed by atoms with Crippen molar-refractivity contribution in [3.63, 3.8) is 0 Å². The van der Waals surface area contributed by atoms with Crippen LogP contribution in [-0.2, 0) is 17.1 Å². The van der Waals surface area contributed by atoms with Crippen molar-refractivity contribution in [2.24, 2.45) is 5.92 Å². The molecule has 5 nitrogen and oxygen atoms in total. The van der Waals surface area contributed by atoms with Gasteiger partial charge in [0.05, 0.1) is 28.3 Å². The van der Waals surface area contributed by atoms with E-state index in [1.165, 1.54) is 0 Å². The summed E-state index contributed by atoms with van der Waals surface area (Å²) in [5.74, 6) is 0.547. The molecule has 2 unspecified atom stereocenters. The fraction of sp³-hybridized carbons (Fsp3) is 0.429. The maximum atomic E-state index is 13.2. The molecule has 5 aliphatic heterocycles. The summed E-state index contributed by atoms with van der Waals surface area (Å²) in [6.07, 6.45) is -5.15. The predicted octanol–water partition coefficient (Wildman–Crippen LogP) is 7.40. The molecule has 40 heavy (non-hydrogen) atoms. The van der Waals surface area contributed by atoms with Crippen LogP contribution in [0, 0.1) is 5.92 Å². The van der Waals surface area contributed by atoms with Gasteiger partial charge >= 0.3 is 12.4 Å². The molecular weight excluding hydrogens is 554 g/mol. The number of ether oxygens (including phenoxy) is 1. The molecular formula is C28H26F6N4OS. The Kier molecular flexibility index (Phi) is 6.50. The van der Waals surface area contributed by atoms with E-state index in [9.17, 15) is 26.3 Å². The van der Waals surface area contributed by atoms with Gasteiger partial charge in [0.2, 0.25) is 0 Å². The average Bonchev–Trinajstić information content (AvgIpc) is 2.91. The lowest BCUT2D eigenvalue weighted by Gasteiger charge is -2.64. The number of aromatic nitrogens is 1. The second kappa shape index (κ2) is 9.56. The van der Waals surface area contributed by atoms with Crippen LogP contribution in [0.4, 0.5) is 37.7 Å². The highest BCUT2D eigenvalue weighted by Gasteiger charge is 2.58. The summed E-state index contributed by atoms with van der Waals surface area (Å²) < 4.78 is 86.3. The van der Waals surface area contributed by atoms with Crippen LogP contribution < -0.4 is 10.6 Å². The number of benzene rings is 2. The molecule has 6 heterocycles. The Morgan fingerprint density at radius 2 is 1.73 bits per heavy atom. The minimum Gasteiger partial charge on any atom is -0.364 e. The van der Waals surface area contributed by atoms with Gasteiger partial charge in [-0.3, -0.25) is 9.88 Å². The summed E-state index contributed by atoms with van der Waals surface area (Å²) in [5, 5.41) is 6.04. The van der Waals surface area contributed by atoms with Crippen molar-refractivity contribution >= 4 is 39.6 Å². The van der Waals surface area contributed by atoms with Gasteiger partial charge < -0.3 is 15.4 Å². The number of piperidine rings is 3. The average molecular weight is 581 g/mol. The first kappa shape index (κ1) is 27.2. The Balaban J connectivity index is 1.27. The summed E-state index contributed by atoms with van der Waals surface area (Å²) in [6.45, 7) is 4.16. The third-order valence-electron chi connectivity index (χ3n) is 8.47. The molecule has 5 aliphatic rings. The van der Waals surface area contributed by atoms with Gasteiger partial charge in [0.15, 0.2) is 5.11 Å². The zero-order valence-corrected chi connectivity index (χ0v) is 22.2. The number of nitrogens with zero attached hydrogens (tertiary/aromatic N) is 2. The molecule has 8 rings (SSSR count). The van der Waals surface area contributed by atoms with Gasteiger partial charge in [-0.25, -0.2) is 0 Å². The van der Waals surface area contributed by atoms with E-state index in [1.807, 2.05) is 12.1 Å². The Hall–Kier alpha value is -2.96. The summed E-state index contributed by atoms with van der Waals surface area (Å²) in [4.78, 5) is 7.00. The Morgan fingerprint density at radius 3 is 2.35 bits per heavy atom. The number of hydrogen-bond acceptors (Lipinski definition) is 4. The number of halogens is 6. The minimum atomic E-state index is -4.96. The van der Waals surface area contributed by atoms with Crippen LogP contribution >= 0.6 is 12.2 Å². The molecule has 0 aliphatic carbocycles. The highest BCUT2D eigenvalue weighted by molar-refractivity contribution is 7.80. The van der Waals surface area contributed by atoms with Crippen molar-refractivity contribution in [2.45, 2.75) is 56.3 Å². The number of pyridine rings is 1. The lowest BCUT2D eigenvalue weighted by atomic mass is 9.66. The zero-order chi connectivity index (χ0) is 28.4. The van der Waals surface area contributed by atoms with Crippen LogP contribution in [0.5, 0.6) is 0 Å². The smallest absolute Gasteiger partial charge is 0.364 e. The van der Waals surface area contributed by atoms with Gasteiger partial charge in [-0.1, -0.05) is 6.92 Å². The van der Waals surface area contributed by atoms with Gasteiger partial charge in [-0.2, -0.15) is 26.3 Å². The molecule has 0 radical (unpaired) electrons. The van der Waals surface area contributed by atoms with Crippen LogP contribution in [0.1, 0.15) is 49.0 Å². The molecule has 0 spiro atoms. The number of rotatable bonds is 4. The standard InChI is InChI=1S/C28H26F6N4OS/c1-2-26-14-38-8-6-15(26)12-23(38)24(39-26)20-5-7-35-22-4-3-18(13-21(20)22)36-25(40)37-19-10-16(27(29,30)31)9-17(11-19)28(32,33)34/h3-5,7,9-11,13,15,23-24H,2,6,8,12,14H2,1H3,(H2,36,37,40)/t15-,23?,24-,26-/m0/s1. The Bertz CT molecular complexity index is 1450. The van der Waals surface area contributed by atoms with E-state index in [1.54, 1.807) is 18.3 Å². The molecule has 5 atom stereocenters.